The van der Waals surface area contributed by atoms with Gasteiger partial charge < -0.3 is 0 Å². The van der Waals surface area contributed by atoms with E-state index < -0.39 is 23.1 Å². The maximum Gasteiger partial charge on any atom is 0.197 e. The van der Waals surface area contributed by atoms with E-state index in [1.54, 1.807) is 0 Å². The molecule has 0 bridgehead atoms. The Morgan fingerprint density at radius 3 is 1.32 bits per heavy atom. The topological polar surface area (TPSA) is 150 Å². The molecular weight excluding hydrogens is 669 g/mol. The molecule has 0 saturated carbocycles. The van der Waals surface area contributed by atoms with Crippen molar-refractivity contribution < 1.29 is 19.2 Å². The summed E-state index contributed by atoms with van der Waals surface area (Å²) in [5.74, 6) is -2.10. The van der Waals surface area contributed by atoms with Crippen molar-refractivity contribution in [3.05, 3.63) is 125 Å². The van der Waals surface area contributed by atoms with Gasteiger partial charge in [0, 0.05) is 33.0 Å². The highest BCUT2D eigenvalue weighted by molar-refractivity contribution is 7.21. The van der Waals surface area contributed by atoms with Crippen LogP contribution in [0.25, 0.3) is 53.0 Å². The molecule has 10 nitrogen and oxygen atoms in total. The van der Waals surface area contributed by atoms with E-state index in [1.165, 1.54) is 59.1 Å². The monoisotopic (exact) mass is 682 g/mol. The quantitative estimate of drug-likeness (QED) is 0.100. The third kappa shape index (κ3) is 4.21. The molecule has 4 aromatic carbocycles. The number of carbonyl (C=O) groups excluding carboxylic acids is 4. The van der Waals surface area contributed by atoms with Gasteiger partial charge in [0.15, 0.2) is 34.5 Å². The second-order valence-electron chi connectivity index (χ2n) is 11.7. The van der Waals surface area contributed by atoms with Gasteiger partial charge in [-0.05, 0) is 61.4 Å². The highest BCUT2D eigenvalue weighted by Gasteiger charge is 2.36. The molecule has 2 heterocycles. The predicted octanol–water partition coefficient (Wildman–Crippen LogP) is 8.45. The molecule has 8 rings (SSSR count). The van der Waals surface area contributed by atoms with E-state index in [0.717, 1.165) is 31.3 Å². The van der Waals surface area contributed by atoms with E-state index >= 15 is 0 Å². The standard InChI is InChI=1S/C38H14N6O4S2/c1-15-5-24-23(37-31(15)43-29(49-37)11-25-33(45)19-7-17(13-39)18(14-40)8-20(19)34(25)46)6-16(2)32-38(24)50-30(44-32)12-26-35(47)21-9-27(41-3)28(42-4)10-22(21)36(26)48/h5-12H,1-2H3. The average molecular weight is 683 g/mol. The molecule has 12 heteroatoms. The van der Waals surface area contributed by atoms with Gasteiger partial charge in [0.25, 0.3) is 0 Å². The lowest BCUT2D eigenvalue weighted by atomic mass is 10.0. The molecule has 0 atom stereocenters. The number of benzene rings is 4. The molecule has 6 aromatic rings. The molecule has 0 fully saturated rings. The molecular formula is C38H14N6O4S2. The van der Waals surface area contributed by atoms with Gasteiger partial charge in [-0.3, -0.25) is 28.9 Å². The van der Waals surface area contributed by atoms with Gasteiger partial charge in [-0.25, -0.2) is 9.97 Å². The van der Waals surface area contributed by atoms with Crippen LogP contribution < -0.4 is 0 Å². The first-order valence-electron chi connectivity index (χ1n) is 14.7. The molecule has 2 aliphatic rings. The summed E-state index contributed by atoms with van der Waals surface area (Å²) in [6.45, 7) is 18.5. The Balaban J connectivity index is 1.22. The van der Waals surface area contributed by atoms with Gasteiger partial charge >= 0.3 is 0 Å². The van der Waals surface area contributed by atoms with E-state index in [0.29, 0.717) is 21.0 Å². The van der Waals surface area contributed by atoms with E-state index in [4.69, 9.17) is 23.1 Å². The van der Waals surface area contributed by atoms with E-state index in [2.05, 4.69) is 9.69 Å². The van der Waals surface area contributed by atoms with Crippen molar-refractivity contribution in [3.63, 3.8) is 0 Å². The van der Waals surface area contributed by atoms with Crippen molar-refractivity contribution in [2.75, 3.05) is 0 Å². The van der Waals surface area contributed by atoms with E-state index in [9.17, 15) is 29.7 Å². The molecule has 0 amide bonds. The minimum Gasteiger partial charge on any atom is -0.288 e. The Hall–Kier alpha value is -6.96. The zero-order valence-corrected chi connectivity index (χ0v) is 27.4. The number of carbonyl (C=O) groups is 4. The van der Waals surface area contributed by atoms with E-state index in [1.807, 2.05) is 38.1 Å². The fourth-order valence-corrected chi connectivity index (χ4v) is 8.60. The highest BCUT2D eigenvalue weighted by atomic mass is 32.1. The largest absolute Gasteiger partial charge is 0.288 e. The summed E-state index contributed by atoms with van der Waals surface area (Å²) in [6, 6.07) is 12.9. The van der Waals surface area contributed by atoms with Crippen LogP contribution in [0.4, 0.5) is 11.4 Å². The average Bonchev–Trinajstić information content (AvgIpc) is 3.86. The van der Waals surface area contributed by atoms with Crippen molar-refractivity contribution in [2.24, 2.45) is 0 Å². The molecule has 0 spiro atoms. The second kappa shape index (κ2) is 10.8. The van der Waals surface area contributed by atoms with E-state index in [-0.39, 0.29) is 55.9 Å². The minimum atomic E-state index is -0.531. The molecule has 0 unspecified atom stereocenters. The van der Waals surface area contributed by atoms with Crippen LogP contribution in [0.5, 0.6) is 0 Å². The Kier molecular flexibility index (Phi) is 6.55. The summed E-state index contributed by atoms with van der Waals surface area (Å²) in [6.07, 6.45) is 2.92. The van der Waals surface area contributed by atoms with Crippen molar-refractivity contribution in [3.8, 4) is 12.1 Å². The summed E-state index contributed by atoms with van der Waals surface area (Å²) in [4.78, 5) is 69.3. The van der Waals surface area contributed by atoms with Gasteiger partial charge in [0.2, 0.25) is 0 Å². The molecule has 0 radical (unpaired) electrons. The van der Waals surface area contributed by atoms with Gasteiger partial charge in [-0.15, -0.1) is 22.7 Å². The number of Topliss-reactive ketones (excluding diaryl/α,β-unsaturated/α-hetero) is 4. The minimum absolute atomic E-state index is 0.0160. The van der Waals surface area contributed by atoms with Crippen LogP contribution in [0.3, 0.4) is 0 Å². The first-order valence-corrected chi connectivity index (χ1v) is 16.4. The van der Waals surface area contributed by atoms with Crippen LogP contribution in [0.2, 0.25) is 0 Å². The number of aryl methyl sites for hydroxylation is 2. The number of ketones is 4. The molecule has 50 heavy (non-hydrogen) atoms. The van der Waals surface area contributed by atoms with Crippen LogP contribution in [-0.4, -0.2) is 33.1 Å². The molecule has 0 N–H and O–H groups in total. The summed E-state index contributed by atoms with van der Waals surface area (Å²) in [5, 5.41) is 21.4. The Morgan fingerprint density at radius 2 is 0.980 bits per heavy atom. The van der Waals surface area contributed by atoms with Crippen LogP contribution in [0, 0.1) is 49.7 Å². The zero-order valence-electron chi connectivity index (χ0n) is 25.8. The highest BCUT2D eigenvalue weighted by Crippen LogP contribution is 2.42. The smallest absolute Gasteiger partial charge is 0.197 e. The number of hydrogen-bond donors (Lipinski definition) is 0. The van der Waals surface area contributed by atoms with Crippen molar-refractivity contribution >= 4 is 101 Å². The first-order chi connectivity index (χ1) is 24.1. The maximum atomic E-state index is 13.3. The Morgan fingerprint density at radius 1 is 0.620 bits per heavy atom. The summed E-state index contributed by atoms with van der Waals surface area (Å²) >= 11 is 2.64. The lowest BCUT2D eigenvalue weighted by Gasteiger charge is -2.05. The fraction of sp³-hybridized carbons (Fsp3) is 0.0526. The maximum absolute atomic E-state index is 13.3. The van der Waals surface area contributed by atoms with Crippen molar-refractivity contribution in [1.29, 1.82) is 10.5 Å². The first kappa shape index (κ1) is 30.4. The third-order valence-electron chi connectivity index (χ3n) is 8.78. The third-order valence-corrected chi connectivity index (χ3v) is 10.9. The molecule has 0 aliphatic heterocycles. The number of allylic oxidation sites excluding steroid dienone is 2. The van der Waals surface area contributed by atoms with Crippen molar-refractivity contribution in [1.82, 2.24) is 9.97 Å². The number of hydrogen-bond acceptors (Lipinski definition) is 10. The zero-order chi connectivity index (χ0) is 35.2. The number of nitrogens with zero attached hydrogens (tertiary/aromatic N) is 6. The second-order valence-corrected chi connectivity index (χ2v) is 13.7. The molecule has 0 saturated heterocycles. The Bertz CT molecular complexity index is 2660. The van der Waals surface area contributed by atoms with Gasteiger partial charge in [-0.1, -0.05) is 12.1 Å². The van der Waals surface area contributed by atoms with Gasteiger partial charge in [0.1, 0.15) is 22.2 Å². The predicted molar refractivity (Wildman–Crippen MR) is 188 cm³/mol. The summed E-state index contributed by atoms with van der Waals surface area (Å²) < 4.78 is 1.67. The van der Waals surface area contributed by atoms with Crippen LogP contribution in [0.15, 0.2) is 47.5 Å². The Labute approximate surface area is 290 Å². The number of nitriles is 2. The number of thiazole rings is 2. The lowest BCUT2D eigenvalue weighted by Crippen LogP contribution is -2.00. The van der Waals surface area contributed by atoms with Gasteiger partial charge in [-0.2, -0.15) is 10.5 Å². The number of aromatic nitrogens is 2. The number of rotatable bonds is 2. The number of fused-ring (bicyclic) bond motifs is 7. The van der Waals surface area contributed by atoms with Crippen LogP contribution in [-0.2, 0) is 0 Å². The van der Waals surface area contributed by atoms with Crippen LogP contribution in [0.1, 0.15) is 73.7 Å². The fourth-order valence-electron chi connectivity index (χ4n) is 6.39. The molecule has 2 aliphatic carbocycles. The summed E-state index contributed by atoms with van der Waals surface area (Å²) in [7, 11) is 0. The molecule has 232 valence electrons. The van der Waals surface area contributed by atoms with Crippen LogP contribution >= 0.6 is 22.7 Å². The van der Waals surface area contributed by atoms with Crippen molar-refractivity contribution in [2.45, 2.75) is 13.8 Å². The normalized spacial score (nSPS) is 13.4. The summed E-state index contributed by atoms with van der Waals surface area (Å²) in [5.41, 5.74) is 3.37. The lowest BCUT2D eigenvalue weighted by molar-refractivity contribution is 0.0975. The SMILES string of the molecule is [C-]#[N+]c1cc2c(cc1[N+]#[C-])C(=O)C(=Cc1nc3c(C)cc4c(cc(C)c5nc(C=C6C(=O)c7cc(C#N)c(C#N)cc7C6=O)sc54)c3s1)C2=O. The van der Waals surface area contributed by atoms with Gasteiger partial charge in [0.05, 0.1) is 55.9 Å². The molecule has 2 aromatic heterocycles.